The van der Waals surface area contributed by atoms with E-state index in [1.54, 1.807) is 11.8 Å². The van der Waals surface area contributed by atoms with Gasteiger partial charge in [0.2, 0.25) is 5.91 Å². The van der Waals surface area contributed by atoms with Crippen molar-refractivity contribution in [2.24, 2.45) is 0 Å². The molecule has 2 amide bonds. The van der Waals surface area contributed by atoms with Crippen molar-refractivity contribution in [3.63, 3.8) is 0 Å². The first-order valence-corrected chi connectivity index (χ1v) is 8.00. The number of benzene rings is 1. The Kier molecular flexibility index (Phi) is 6.40. The van der Waals surface area contributed by atoms with Gasteiger partial charge in [0.25, 0.3) is 0 Å². The van der Waals surface area contributed by atoms with Gasteiger partial charge in [0.1, 0.15) is 12.6 Å². The van der Waals surface area contributed by atoms with Gasteiger partial charge in [-0.3, -0.25) is 9.69 Å². The van der Waals surface area contributed by atoms with Gasteiger partial charge in [0, 0.05) is 26.2 Å². The molecule has 0 saturated carbocycles. The molecule has 1 saturated heterocycles. The molecule has 1 unspecified atom stereocenters. The average Bonchev–Trinajstić information content (AvgIpc) is 2.58. The summed E-state index contributed by atoms with van der Waals surface area (Å²) in [5, 5.41) is 8.81. The summed E-state index contributed by atoms with van der Waals surface area (Å²) in [4.78, 5) is 27.7. The lowest BCUT2D eigenvalue weighted by molar-refractivity contribution is -0.140. The van der Waals surface area contributed by atoms with Crippen LogP contribution >= 0.6 is 0 Å². The normalized spacial score (nSPS) is 18.2. The Bertz CT molecular complexity index is 521. The molecule has 0 radical (unpaired) electrons. The van der Waals surface area contributed by atoms with Crippen molar-refractivity contribution in [1.82, 2.24) is 9.80 Å². The number of aliphatic hydroxyl groups excluding tert-OH is 1. The fourth-order valence-corrected chi connectivity index (χ4v) is 2.62. The van der Waals surface area contributed by atoms with E-state index in [0.29, 0.717) is 26.1 Å². The molecule has 0 bridgehead atoms. The molecule has 0 aromatic heterocycles. The zero-order valence-corrected chi connectivity index (χ0v) is 13.5. The zero-order valence-electron chi connectivity index (χ0n) is 13.5. The van der Waals surface area contributed by atoms with Gasteiger partial charge >= 0.3 is 6.09 Å². The second-order valence-corrected chi connectivity index (χ2v) is 5.67. The van der Waals surface area contributed by atoms with E-state index in [-0.39, 0.29) is 19.1 Å². The molecule has 1 atom stereocenters. The number of carbonyl (C=O) groups is 2. The van der Waals surface area contributed by atoms with Gasteiger partial charge in [-0.2, -0.15) is 0 Å². The summed E-state index contributed by atoms with van der Waals surface area (Å²) in [5.74, 6) is -0.0640. The third-order valence-corrected chi connectivity index (χ3v) is 4.02. The minimum atomic E-state index is -0.513. The highest BCUT2D eigenvalue weighted by Crippen LogP contribution is 2.14. The summed E-state index contributed by atoms with van der Waals surface area (Å²) in [7, 11) is 0. The Morgan fingerprint density at radius 2 is 2.00 bits per heavy atom. The number of unbranched alkanes of at least 4 members (excludes halogenated alkanes) is 1. The number of aliphatic hydroxyl groups is 1. The lowest BCUT2D eigenvalue weighted by Crippen LogP contribution is -2.57. The van der Waals surface area contributed by atoms with E-state index >= 15 is 0 Å². The average molecular weight is 320 g/mol. The molecule has 1 aliphatic rings. The quantitative estimate of drug-likeness (QED) is 0.809. The molecule has 1 aliphatic heterocycles. The van der Waals surface area contributed by atoms with Crippen LogP contribution in [0.25, 0.3) is 0 Å². The maximum Gasteiger partial charge on any atom is 0.410 e. The lowest BCUT2D eigenvalue weighted by atomic mass is 10.1. The molecule has 0 aliphatic carbocycles. The highest BCUT2D eigenvalue weighted by atomic mass is 16.6. The Balaban J connectivity index is 1.84. The molecular formula is C17H24N2O4. The smallest absolute Gasteiger partial charge is 0.410 e. The Morgan fingerprint density at radius 1 is 1.26 bits per heavy atom. The fraction of sp³-hybridized carbons (Fsp3) is 0.529. The molecule has 1 heterocycles. The number of piperazine rings is 1. The topological polar surface area (TPSA) is 70.1 Å². The molecule has 0 spiro atoms. The highest BCUT2D eigenvalue weighted by molar-refractivity contribution is 5.86. The number of amides is 2. The highest BCUT2D eigenvalue weighted by Gasteiger charge is 2.34. The van der Waals surface area contributed by atoms with Gasteiger partial charge in [-0.1, -0.05) is 30.3 Å². The lowest BCUT2D eigenvalue weighted by Gasteiger charge is -2.38. The minimum Gasteiger partial charge on any atom is -0.445 e. The van der Waals surface area contributed by atoms with Gasteiger partial charge in [-0.15, -0.1) is 0 Å². The maximum atomic E-state index is 12.3. The number of carbonyl (C=O) groups excluding carboxylic acids is 2. The zero-order chi connectivity index (χ0) is 16.7. The van der Waals surface area contributed by atoms with E-state index in [0.717, 1.165) is 12.0 Å². The number of hydrogen-bond donors (Lipinski definition) is 1. The van der Waals surface area contributed by atoms with Gasteiger partial charge in [0.15, 0.2) is 0 Å². The van der Waals surface area contributed by atoms with Crippen LogP contribution in [0.3, 0.4) is 0 Å². The third-order valence-electron chi connectivity index (χ3n) is 4.02. The van der Waals surface area contributed by atoms with Crippen LogP contribution in [-0.4, -0.2) is 59.2 Å². The third kappa shape index (κ3) is 4.69. The second-order valence-electron chi connectivity index (χ2n) is 5.67. The molecule has 126 valence electrons. The van der Waals surface area contributed by atoms with Crippen molar-refractivity contribution in [3.05, 3.63) is 35.9 Å². The van der Waals surface area contributed by atoms with Crippen LogP contribution in [0.5, 0.6) is 0 Å². The Labute approximate surface area is 136 Å². The first-order valence-electron chi connectivity index (χ1n) is 8.00. The molecular weight excluding hydrogens is 296 g/mol. The van der Waals surface area contributed by atoms with Crippen LogP contribution in [0.1, 0.15) is 25.3 Å². The van der Waals surface area contributed by atoms with Crippen molar-refractivity contribution < 1.29 is 19.4 Å². The molecule has 6 heteroatoms. The van der Waals surface area contributed by atoms with Crippen molar-refractivity contribution in [2.75, 3.05) is 26.2 Å². The number of rotatable bonds is 6. The van der Waals surface area contributed by atoms with Gasteiger partial charge in [-0.25, -0.2) is 4.79 Å². The van der Waals surface area contributed by atoms with Gasteiger partial charge < -0.3 is 14.7 Å². The number of ether oxygens (including phenoxy) is 1. The van der Waals surface area contributed by atoms with Crippen LogP contribution in [-0.2, 0) is 16.1 Å². The molecule has 1 aromatic rings. The van der Waals surface area contributed by atoms with E-state index in [9.17, 15) is 9.59 Å². The Morgan fingerprint density at radius 3 is 2.70 bits per heavy atom. The van der Waals surface area contributed by atoms with Crippen molar-refractivity contribution in [1.29, 1.82) is 0 Å². The van der Waals surface area contributed by atoms with Crippen LogP contribution in [0.2, 0.25) is 0 Å². The van der Waals surface area contributed by atoms with Crippen LogP contribution in [0.4, 0.5) is 4.79 Å². The second kappa shape index (κ2) is 8.53. The summed E-state index contributed by atoms with van der Waals surface area (Å²) in [6.45, 7) is 3.67. The standard InChI is InChI=1S/C17H24N2O4/c1-14-16(21)18(9-5-6-12-20)10-11-19(14)17(22)23-13-15-7-3-2-4-8-15/h2-4,7-8,14,20H,5-6,9-13H2,1H3. The largest absolute Gasteiger partial charge is 0.445 e. The summed E-state index contributed by atoms with van der Waals surface area (Å²) < 4.78 is 5.30. The molecule has 2 rings (SSSR count). The summed E-state index contributed by atoms with van der Waals surface area (Å²) in [5.41, 5.74) is 0.919. The van der Waals surface area contributed by atoms with E-state index in [4.69, 9.17) is 9.84 Å². The minimum absolute atomic E-state index is 0.0640. The molecule has 6 nitrogen and oxygen atoms in total. The van der Waals surface area contributed by atoms with Crippen molar-refractivity contribution in [2.45, 2.75) is 32.4 Å². The number of nitrogens with zero attached hydrogens (tertiary/aromatic N) is 2. The van der Waals surface area contributed by atoms with Crippen LogP contribution in [0, 0.1) is 0 Å². The Hall–Kier alpha value is -2.08. The van der Waals surface area contributed by atoms with Crippen molar-refractivity contribution in [3.8, 4) is 0 Å². The van der Waals surface area contributed by atoms with Gasteiger partial charge in [-0.05, 0) is 25.3 Å². The van der Waals surface area contributed by atoms with E-state index in [1.807, 2.05) is 30.3 Å². The monoisotopic (exact) mass is 320 g/mol. The van der Waals surface area contributed by atoms with E-state index in [2.05, 4.69) is 0 Å². The molecule has 1 aromatic carbocycles. The molecule has 23 heavy (non-hydrogen) atoms. The fourth-order valence-electron chi connectivity index (χ4n) is 2.62. The number of hydrogen-bond acceptors (Lipinski definition) is 4. The van der Waals surface area contributed by atoms with E-state index < -0.39 is 12.1 Å². The SMILES string of the molecule is CC1C(=O)N(CCCCO)CCN1C(=O)OCc1ccccc1. The van der Waals surface area contributed by atoms with Gasteiger partial charge in [0.05, 0.1) is 0 Å². The summed E-state index contributed by atoms with van der Waals surface area (Å²) >= 11 is 0. The molecule has 1 N–H and O–H groups in total. The maximum absolute atomic E-state index is 12.3. The van der Waals surface area contributed by atoms with Crippen LogP contribution < -0.4 is 0 Å². The first kappa shape index (κ1) is 17.3. The molecule has 1 fully saturated rings. The van der Waals surface area contributed by atoms with Crippen LogP contribution in [0.15, 0.2) is 30.3 Å². The first-order chi connectivity index (χ1) is 11.1. The summed E-state index contributed by atoms with van der Waals surface area (Å²) in [6.07, 6.45) is 0.999. The predicted molar refractivity (Wildman–Crippen MR) is 85.7 cm³/mol. The van der Waals surface area contributed by atoms with E-state index in [1.165, 1.54) is 4.90 Å². The predicted octanol–water partition coefficient (Wildman–Crippen LogP) is 1.63. The van der Waals surface area contributed by atoms with Crippen molar-refractivity contribution >= 4 is 12.0 Å². The summed E-state index contributed by atoms with van der Waals surface area (Å²) in [6, 6.07) is 8.95.